The van der Waals surface area contributed by atoms with E-state index in [4.69, 9.17) is 14.2 Å². The van der Waals surface area contributed by atoms with Gasteiger partial charge in [0.05, 0.1) is 42.5 Å². The quantitative estimate of drug-likeness (QED) is 0.283. The zero-order chi connectivity index (χ0) is 24.8. The minimum Gasteiger partial charge on any atom is -0.494 e. The second-order valence-electron chi connectivity index (χ2n) is 7.56. The fourth-order valence-corrected chi connectivity index (χ4v) is 4.70. The molecular formula is C25H28N4O5S. The van der Waals surface area contributed by atoms with Crippen molar-refractivity contribution in [3.63, 3.8) is 0 Å². The topological polar surface area (TPSA) is 115 Å². The van der Waals surface area contributed by atoms with Crippen LogP contribution in [0.5, 0.6) is 11.5 Å². The first kappa shape index (κ1) is 24.5. The van der Waals surface area contributed by atoms with Crippen LogP contribution in [-0.4, -0.2) is 47.5 Å². The summed E-state index contributed by atoms with van der Waals surface area (Å²) in [5.41, 5.74) is 3.13. The molecule has 0 saturated carbocycles. The van der Waals surface area contributed by atoms with Crippen molar-refractivity contribution in [2.45, 2.75) is 32.0 Å². The second-order valence-corrected chi connectivity index (χ2v) is 8.52. The van der Waals surface area contributed by atoms with Gasteiger partial charge in [-0.1, -0.05) is 23.9 Å². The second kappa shape index (κ2) is 11.2. The summed E-state index contributed by atoms with van der Waals surface area (Å²) < 4.78 is 16.9. The lowest BCUT2D eigenvalue weighted by Gasteiger charge is -2.30. The molecule has 9 nitrogen and oxygen atoms in total. The third kappa shape index (κ3) is 5.54. The zero-order valence-corrected chi connectivity index (χ0v) is 20.7. The van der Waals surface area contributed by atoms with Crippen molar-refractivity contribution in [1.29, 1.82) is 0 Å². The van der Waals surface area contributed by atoms with Crippen molar-refractivity contribution >= 4 is 34.8 Å². The fraction of sp³-hybridized carbons (Fsp3) is 0.320. The fourth-order valence-electron chi connectivity index (χ4n) is 3.85. The number of ether oxygens (including phenoxy) is 3. The van der Waals surface area contributed by atoms with Gasteiger partial charge in [0.1, 0.15) is 11.5 Å². The molecule has 4 rings (SSSR count). The molecule has 3 N–H and O–H groups in total. The molecule has 3 aromatic rings. The number of nitrogens with one attached hydrogen (secondary N) is 3. The monoisotopic (exact) mass is 496 g/mol. The molecule has 0 radical (unpaired) electrons. The predicted molar refractivity (Wildman–Crippen MR) is 134 cm³/mol. The number of hydrogen-bond acceptors (Lipinski definition) is 7. The maximum absolute atomic E-state index is 13.2. The lowest BCUT2D eigenvalue weighted by Crippen LogP contribution is -2.46. The summed E-state index contributed by atoms with van der Waals surface area (Å²) in [4.78, 5) is 33.7. The number of H-pyrrole nitrogens is 1. The molecule has 0 aliphatic carbocycles. The van der Waals surface area contributed by atoms with E-state index in [9.17, 15) is 9.59 Å². The Hall–Kier alpha value is -3.66. The summed E-state index contributed by atoms with van der Waals surface area (Å²) in [5, 5.41) is 6.34. The van der Waals surface area contributed by atoms with Gasteiger partial charge in [0, 0.05) is 17.0 Å². The molecule has 0 fully saturated rings. The Morgan fingerprint density at radius 2 is 1.86 bits per heavy atom. The van der Waals surface area contributed by atoms with Gasteiger partial charge < -0.3 is 29.8 Å². The van der Waals surface area contributed by atoms with Gasteiger partial charge in [0.15, 0.2) is 5.16 Å². The Labute approximate surface area is 207 Å². The van der Waals surface area contributed by atoms with Crippen LogP contribution in [0.4, 0.5) is 4.79 Å². The van der Waals surface area contributed by atoms with Gasteiger partial charge in [-0.15, -0.1) is 0 Å². The number of carbonyl (C=O) groups is 2. The molecule has 1 atom stereocenters. The van der Waals surface area contributed by atoms with E-state index in [-0.39, 0.29) is 6.61 Å². The summed E-state index contributed by atoms with van der Waals surface area (Å²) in [5.74, 6) is 0.941. The van der Waals surface area contributed by atoms with E-state index in [1.165, 1.54) is 11.8 Å². The van der Waals surface area contributed by atoms with Gasteiger partial charge in [-0.3, -0.25) is 0 Å². The van der Waals surface area contributed by atoms with E-state index < -0.39 is 18.0 Å². The lowest BCUT2D eigenvalue weighted by atomic mass is 9.94. The summed E-state index contributed by atoms with van der Waals surface area (Å²) in [6.45, 7) is 6.61. The van der Waals surface area contributed by atoms with Crippen molar-refractivity contribution in [2.75, 3.05) is 25.6 Å². The summed E-state index contributed by atoms with van der Waals surface area (Å²) >= 11 is 1.39. The average molecular weight is 497 g/mol. The molecule has 0 spiro atoms. The SMILES string of the molecule is CCOC(=O)C1=C(CSc2nc3ccccc3[nH]2)NC(=O)N[C@@H]1c1cc(OCC)ccc1OCC. The van der Waals surface area contributed by atoms with Crippen LogP contribution in [0.2, 0.25) is 0 Å². The number of esters is 1. The van der Waals surface area contributed by atoms with Crippen LogP contribution in [-0.2, 0) is 9.53 Å². The molecule has 0 bridgehead atoms. The van der Waals surface area contributed by atoms with E-state index in [0.29, 0.717) is 52.5 Å². The van der Waals surface area contributed by atoms with E-state index in [1.807, 2.05) is 38.1 Å². The number of benzene rings is 2. The molecule has 0 saturated heterocycles. The smallest absolute Gasteiger partial charge is 0.338 e. The third-order valence-corrected chi connectivity index (χ3v) is 6.17. The molecule has 1 aliphatic heterocycles. The van der Waals surface area contributed by atoms with Gasteiger partial charge >= 0.3 is 12.0 Å². The van der Waals surface area contributed by atoms with E-state index >= 15 is 0 Å². The Morgan fingerprint density at radius 3 is 2.60 bits per heavy atom. The standard InChI is InChI=1S/C25H28N4O5S/c1-4-32-15-11-12-20(33-5-2)16(13-15)22-21(23(30)34-6-3)19(26-24(31)29-22)14-35-25-27-17-9-7-8-10-18(17)28-25/h7-13,22H,4-6,14H2,1-3H3,(H,27,28)(H2,26,29,31)/t22-/m1/s1. The van der Waals surface area contributed by atoms with Gasteiger partial charge in [0.2, 0.25) is 0 Å². The number of nitrogens with zero attached hydrogens (tertiary/aromatic N) is 1. The molecular weight excluding hydrogens is 468 g/mol. The summed E-state index contributed by atoms with van der Waals surface area (Å²) in [6, 6.07) is 11.9. The molecule has 10 heteroatoms. The van der Waals surface area contributed by atoms with Gasteiger partial charge in [-0.05, 0) is 51.1 Å². The third-order valence-electron chi connectivity index (χ3n) is 5.27. The molecule has 2 aromatic carbocycles. The van der Waals surface area contributed by atoms with Crippen molar-refractivity contribution in [3.05, 3.63) is 59.3 Å². The lowest BCUT2D eigenvalue weighted by molar-refractivity contribution is -0.139. The minimum absolute atomic E-state index is 0.199. The number of para-hydroxylation sites is 2. The maximum atomic E-state index is 13.2. The first-order chi connectivity index (χ1) is 17.0. The van der Waals surface area contributed by atoms with E-state index in [2.05, 4.69) is 20.6 Å². The number of urea groups is 1. The highest BCUT2D eigenvalue weighted by Gasteiger charge is 2.35. The number of aromatic amines is 1. The average Bonchev–Trinajstić information content (AvgIpc) is 3.27. The Morgan fingerprint density at radius 1 is 1.06 bits per heavy atom. The molecule has 2 heterocycles. The van der Waals surface area contributed by atoms with Crippen molar-refractivity contribution in [3.8, 4) is 11.5 Å². The van der Waals surface area contributed by atoms with Gasteiger partial charge in [-0.25, -0.2) is 14.6 Å². The molecule has 184 valence electrons. The number of imidazole rings is 1. The summed E-state index contributed by atoms with van der Waals surface area (Å²) in [7, 11) is 0. The predicted octanol–water partition coefficient (Wildman–Crippen LogP) is 4.32. The number of rotatable bonds is 10. The zero-order valence-electron chi connectivity index (χ0n) is 19.8. The van der Waals surface area contributed by atoms with Crippen LogP contribution in [0.25, 0.3) is 11.0 Å². The van der Waals surface area contributed by atoms with Crippen molar-refractivity contribution < 1.29 is 23.8 Å². The van der Waals surface area contributed by atoms with Gasteiger partial charge in [-0.2, -0.15) is 0 Å². The normalized spacial score (nSPS) is 15.5. The van der Waals surface area contributed by atoms with Crippen molar-refractivity contribution in [2.24, 2.45) is 0 Å². The van der Waals surface area contributed by atoms with E-state index in [0.717, 1.165) is 11.0 Å². The van der Waals surface area contributed by atoms with Crippen LogP contribution in [0.1, 0.15) is 32.4 Å². The molecule has 2 amide bonds. The maximum Gasteiger partial charge on any atom is 0.338 e. The molecule has 0 unspecified atom stereocenters. The number of hydrogen-bond donors (Lipinski definition) is 3. The largest absolute Gasteiger partial charge is 0.494 e. The minimum atomic E-state index is -0.781. The van der Waals surface area contributed by atoms with Crippen molar-refractivity contribution in [1.82, 2.24) is 20.6 Å². The van der Waals surface area contributed by atoms with Crippen LogP contribution in [0.15, 0.2) is 58.9 Å². The Balaban J connectivity index is 1.74. The first-order valence-electron chi connectivity index (χ1n) is 11.5. The Bertz CT molecular complexity index is 1220. The van der Waals surface area contributed by atoms with Crippen LogP contribution >= 0.6 is 11.8 Å². The van der Waals surface area contributed by atoms with Crippen LogP contribution in [0.3, 0.4) is 0 Å². The highest BCUT2D eigenvalue weighted by atomic mass is 32.2. The van der Waals surface area contributed by atoms with Crippen LogP contribution in [0, 0.1) is 0 Å². The molecule has 1 aliphatic rings. The number of fused-ring (bicyclic) bond motifs is 1. The number of carbonyl (C=O) groups excluding carboxylic acids is 2. The molecule has 1 aromatic heterocycles. The first-order valence-corrected chi connectivity index (χ1v) is 12.5. The van der Waals surface area contributed by atoms with E-state index in [1.54, 1.807) is 25.1 Å². The molecule has 35 heavy (non-hydrogen) atoms. The van der Waals surface area contributed by atoms with Crippen LogP contribution < -0.4 is 20.1 Å². The highest BCUT2D eigenvalue weighted by molar-refractivity contribution is 7.99. The number of amides is 2. The highest BCUT2D eigenvalue weighted by Crippen LogP contribution is 2.37. The summed E-state index contributed by atoms with van der Waals surface area (Å²) in [6.07, 6.45) is 0. The number of thioether (sulfide) groups is 1. The number of aromatic nitrogens is 2. The Kier molecular flexibility index (Phi) is 7.81. The van der Waals surface area contributed by atoms with Gasteiger partial charge in [0.25, 0.3) is 0 Å².